The predicted octanol–water partition coefficient (Wildman–Crippen LogP) is 14.3. The Morgan fingerprint density at radius 1 is 0.415 bits per heavy atom. The largest absolute Gasteiger partial charge is 0.310 e. The van der Waals surface area contributed by atoms with Crippen LogP contribution >= 0.6 is 0 Å². The Kier molecular flexibility index (Phi) is 6.54. The Hall–Kier alpha value is -5.92. The van der Waals surface area contributed by atoms with E-state index in [2.05, 4.69) is 183 Å². The van der Waals surface area contributed by atoms with Gasteiger partial charge in [0.05, 0.1) is 5.69 Å². The summed E-state index contributed by atoms with van der Waals surface area (Å²) in [5.41, 5.74) is 17.5. The lowest BCUT2D eigenvalue weighted by atomic mass is 9.76. The van der Waals surface area contributed by atoms with Crippen molar-refractivity contribution in [1.82, 2.24) is 0 Å². The molecule has 0 atom stereocenters. The first-order valence-corrected chi connectivity index (χ1v) is 19.3. The molecule has 8 aromatic rings. The van der Waals surface area contributed by atoms with Crippen molar-refractivity contribution < 1.29 is 0 Å². The Labute approximate surface area is 312 Å². The first-order chi connectivity index (χ1) is 26.0. The number of hydrogen-bond donors (Lipinski definition) is 0. The molecule has 254 valence electrons. The van der Waals surface area contributed by atoms with Crippen LogP contribution in [0.3, 0.4) is 0 Å². The number of nitrogens with zero attached hydrogens (tertiary/aromatic N) is 1. The molecule has 53 heavy (non-hydrogen) atoms. The van der Waals surface area contributed by atoms with Crippen LogP contribution in [-0.2, 0) is 10.8 Å². The SMILES string of the molecule is CC1(C)c2ccccc2-c2cccc(-c3ccccc3N(c3ccc4c(c3)C3(CCCC3)c3ccccc3-4)c3ccc4c(ccc5ccccc54)c3)c21. The van der Waals surface area contributed by atoms with E-state index in [-0.39, 0.29) is 10.8 Å². The smallest absolute Gasteiger partial charge is 0.0540 e. The monoisotopic (exact) mass is 679 g/mol. The molecule has 0 N–H and O–H groups in total. The van der Waals surface area contributed by atoms with Crippen molar-refractivity contribution in [3.05, 3.63) is 186 Å². The Morgan fingerprint density at radius 2 is 0.981 bits per heavy atom. The summed E-state index contributed by atoms with van der Waals surface area (Å²) in [6, 6.07) is 61.9. The first kappa shape index (κ1) is 30.7. The summed E-state index contributed by atoms with van der Waals surface area (Å²) < 4.78 is 0. The van der Waals surface area contributed by atoms with Gasteiger partial charge in [0.15, 0.2) is 0 Å². The lowest BCUT2D eigenvalue weighted by Gasteiger charge is -2.32. The number of hydrogen-bond acceptors (Lipinski definition) is 1. The highest BCUT2D eigenvalue weighted by atomic mass is 15.1. The molecule has 3 aliphatic carbocycles. The van der Waals surface area contributed by atoms with Gasteiger partial charge in [-0.3, -0.25) is 0 Å². The highest BCUT2D eigenvalue weighted by molar-refractivity contribution is 6.09. The van der Waals surface area contributed by atoms with Crippen molar-refractivity contribution in [3.8, 4) is 33.4 Å². The molecule has 0 saturated heterocycles. The van der Waals surface area contributed by atoms with Gasteiger partial charge in [0.1, 0.15) is 0 Å². The fourth-order valence-electron chi connectivity index (χ4n) is 10.6. The molecule has 8 aromatic carbocycles. The number of para-hydroxylation sites is 1. The minimum atomic E-state index is -0.126. The highest BCUT2D eigenvalue weighted by Gasteiger charge is 2.45. The standard InChI is InChI=1S/C52H41N/c1-51(2)46-21-8-5-17-41(46)44-19-13-20-45(50(44)51)43-18-7-10-23-49(43)53(36-26-28-39-35(32-36)25-24-34-14-3-4-15-38(34)39)37-27-29-42-40-16-6-9-22-47(40)52(48(42)33-37)30-11-12-31-52/h3-10,13-29,32-33H,11-12,30-31H2,1-2H3. The fourth-order valence-corrected chi connectivity index (χ4v) is 10.6. The fraction of sp³-hybridized carbons (Fsp3) is 0.154. The second-order valence-corrected chi connectivity index (χ2v) is 16.0. The average Bonchev–Trinajstić information content (AvgIpc) is 3.88. The number of fused-ring (bicyclic) bond motifs is 11. The van der Waals surface area contributed by atoms with Crippen LogP contribution in [0.25, 0.3) is 54.9 Å². The van der Waals surface area contributed by atoms with Gasteiger partial charge in [0.2, 0.25) is 0 Å². The van der Waals surface area contributed by atoms with Crippen LogP contribution in [0.15, 0.2) is 164 Å². The zero-order valence-electron chi connectivity index (χ0n) is 30.4. The van der Waals surface area contributed by atoms with Crippen molar-refractivity contribution in [2.24, 2.45) is 0 Å². The van der Waals surface area contributed by atoms with E-state index in [9.17, 15) is 0 Å². The summed E-state index contributed by atoms with van der Waals surface area (Å²) in [5.74, 6) is 0. The molecule has 11 rings (SSSR count). The topological polar surface area (TPSA) is 3.24 Å². The van der Waals surface area contributed by atoms with Crippen molar-refractivity contribution >= 4 is 38.6 Å². The summed E-state index contributed by atoms with van der Waals surface area (Å²) in [7, 11) is 0. The van der Waals surface area contributed by atoms with Gasteiger partial charge in [0.25, 0.3) is 0 Å². The Bertz CT molecular complexity index is 2780. The van der Waals surface area contributed by atoms with Gasteiger partial charge in [-0.15, -0.1) is 0 Å². The third-order valence-electron chi connectivity index (χ3n) is 13.0. The van der Waals surface area contributed by atoms with Crippen molar-refractivity contribution in [2.75, 3.05) is 4.90 Å². The third-order valence-corrected chi connectivity index (χ3v) is 13.0. The van der Waals surface area contributed by atoms with E-state index in [4.69, 9.17) is 0 Å². The van der Waals surface area contributed by atoms with Gasteiger partial charge in [-0.1, -0.05) is 160 Å². The molecule has 0 aromatic heterocycles. The molecular formula is C52H41N. The van der Waals surface area contributed by atoms with Crippen LogP contribution in [0.5, 0.6) is 0 Å². The molecule has 0 bridgehead atoms. The van der Waals surface area contributed by atoms with E-state index >= 15 is 0 Å². The van der Waals surface area contributed by atoms with Gasteiger partial charge in [-0.05, 0) is 115 Å². The molecule has 0 heterocycles. The Morgan fingerprint density at radius 3 is 1.81 bits per heavy atom. The second kappa shape index (κ2) is 11.3. The van der Waals surface area contributed by atoms with Crippen LogP contribution in [0.1, 0.15) is 61.8 Å². The molecule has 1 nitrogen and oxygen atoms in total. The van der Waals surface area contributed by atoms with Gasteiger partial charge in [-0.2, -0.15) is 0 Å². The van der Waals surface area contributed by atoms with Crippen LogP contribution in [0, 0.1) is 0 Å². The zero-order valence-corrected chi connectivity index (χ0v) is 30.4. The van der Waals surface area contributed by atoms with Crippen molar-refractivity contribution in [1.29, 1.82) is 0 Å². The van der Waals surface area contributed by atoms with E-state index in [0.717, 1.165) is 0 Å². The maximum atomic E-state index is 2.55. The minimum Gasteiger partial charge on any atom is -0.310 e. The molecule has 1 saturated carbocycles. The van der Waals surface area contributed by atoms with Crippen LogP contribution in [-0.4, -0.2) is 0 Å². The van der Waals surface area contributed by atoms with E-state index in [1.165, 1.54) is 120 Å². The molecule has 0 amide bonds. The van der Waals surface area contributed by atoms with Crippen LogP contribution in [0.2, 0.25) is 0 Å². The summed E-state index contributed by atoms with van der Waals surface area (Å²) >= 11 is 0. The third kappa shape index (κ3) is 4.31. The van der Waals surface area contributed by atoms with E-state index in [1.54, 1.807) is 0 Å². The molecule has 0 radical (unpaired) electrons. The maximum absolute atomic E-state index is 2.55. The predicted molar refractivity (Wildman–Crippen MR) is 224 cm³/mol. The summed E-state index contributed by atoms with van der Waals surface area (Å²) in [4.78, 5) is 2.55. The minimum absolute atomic E-state index is 0.0888. The van der Waals surface area contributed by atoms with E-state index in [0.29, 0.717) is 0 Å². The lowest BCUT2D eigenvalue weighted by molar-refractivity contribution is 0.550. The average molecular weight is 680 g/mol. The summed E-state index contributed by atoms with van der Waals surface area (Å²) in [6.45, 7) is 4.79. The molecule has 1 heteroatoms. The molecule has 0 aliphatic heterocycles. The van der Waals surface area contributed by atoms with Crippen molar-refractivity contribution in [3.63, 3.8) is 0 Å². The summed E-state index contributed by atoms with van der Waals surface area (Å²) in [5, 5.41) is 5.11. The normalized spacial score (nSPS) is 15.7. The molecule has 1 spiro atoms. The number of rotatable bonds is 4. The van der Waals surface area contributed by atoms with Crippen molar-refractivity contribution in [2.45, 2.75) is 50.4 Å². The maximum Gasteiger partial charge on any atom is 0.0540 e. The van der Waals surface area contributed by atoms with Gasteiger partial charge >= 0.3 is 0 Å². The van der Waals surface area contributed by atoms with Gasteiger partial charge in [0, 0.05) is 27.8 Å². The van der Waals surface area contributed by atoms with Gasteiger partial charge in [-0.25, -0.2) is 0 Å². The van der Waals surface area contributed by atoms with Crippen LogP contribution in [0.4, 0.5) is 17.1 Å². The van der Waals surface area contributed by atoms with Crippen LogP contribution < -0.4 is 4.90 Å². The quantitative estimate of drug-likeness (QED) is 0.167. The number of benzene rings is 8. The molecule has 0 unspecified atom stereocenters. The first-order valence-electron chi connectivity index (χ1n) is 19.3. The molecule has 1 fully saturated rings. The highest BCUT2D eigenvalue weighted by Crippen LogP contribution is 2.59. The van der Waals surface area contributed by atoms with E-state index < -0.39 is 0 Å². The van der Waals surface area contributed by atoms with E-state index in [1.807, 2.05) is 0 Å². The zero-order chi connectivity index (χ0) is 35.3. The molecular weight excluding hydrogens is 639 g/mol. The lowest BCUT2D eigenvalue weighted by Crippen LogP contribution is -2.21. The second-order valence-electron chi connectivity index (χ2n) is 16.0. The Balaban J connectivity index is 1.16. The molecule has 3 aliphatic rings. The van der Waals surface area contributed by atoms with Gasteiger partial charge < -0.3 is 4.90 Å². The number of anilines is 3. The summed E-state index contributed by atoms with van der Waals surface area (Å²) in [6.07, 6.45) is 4.98.